The molecule has 0 aliphatic carbocycles. The molecule has 1 fully saturated rings. The van der Waals surface area contributed by atoms with Crippen molar-refractivity contribution in [1.82, 2.24) is 10.3 Å². The van der Waals surface area contributed by atoms with Crippen LogP contribution < -0.4 is 10.2 Å². The van der Waals surface area contributed by atoms with Crippen LogP contribution in [0, 0.1) is 12.8 Å². The van der Waals surface area contributed by atoms with Gasteiger partial charge in [-0.25, -0.2) is 4.98 Å². The topological polar surface area (TPSA) is 82.5 Å². The quantitative estimate of drug-likeness (QED) is 0.291. The van der Waals surface area contributed by atoms with E-state index in [0.29, 0.717) is 27.9 Å². The van der Waals surface area contributed by atoms with Gasteiger partial charge >= 0.3 is 12.1 Å². The van der Waals surface area contributed by atoms with E-state index >= 15 is 0 Å². The molecule has 0 unspecified atom stereocenters. The summed E-state index contributed by atoms with van der Waals surface area (Å²) in [4.78, 5) is 32.1. The number of aliphatic carboxylic acids is 1. The van der Waals surface area contributed by atoms with Gasteiger partial charge in [-0.15, -0.1) is 0 Å². The summed E-state index contributed by atoms with van der Waals surface area (Å²) >= 11 is 3.46. The van der Waals surface area contributed by atoms with Crippen molar-refractivity contribution < 1.29 is 27.9 Å². The second-order valence-corrected chi connectivity index (χ2v) is 11.1. The number of carbonyl (C=O) groups is 2. The molecule has 39 heavy (non-hydrogen) atoms. The van der Waals surface area contributed by atoms with Crippen LogP contribution in [0.1, 0.15) is 65.6 Å². The third-order valence-corrected chi connectivity index (χ3v) is 7.76. The standard InChI is InChI=1S/C29H31BrF3N3O3/c1-17-6-5-13-36(16-17)27-18(2)26(22-14-20(30)10-11-24(22)35-27)28(39)34-15-19(9-12-25(37)38)21-7-3-4-8-23(21)29(31,32)33/h3-4,7-8,10-11,14,17,19H,5-6,9,12-13,15-16H2,1-2H3,(H,34,39)(H,37,38)/t17-,19+/m1/s1. The maximum Gasteiger partial charge on any atom is 0.416 e. The number of nitrogens with zero attached hydrogens (tertiary/aromatic N) is 2. The zero-order chi connectivity index (χ0) is 28.3. The lowest BCUT2D eigenvalue weighted by Gasteiger charge is -2.33. The molecule has 10 heteroatoms. The third-order valence-electron chi connectivity index (χ3n) is 7.27. The van der Waals surface area contributed by atoms with Crippen LogP contribution in [0.4, 0.5) is 19.0 Å². The van der Waals surface area contributed by atoms with E-state index in [2.05, 4.69) is 33.1 Å². The molecule has 1 saturated heterocycles. The third kappa shape index (κ3) is 6.72. The van der Waals surface area contributed by atoms with Crippen LogP contribution in [0.5, 0.6) is 0 Å². The van der Waals surface area contributed by atoms with Gasteiger partial charge < -0.3 is 15.3 Å². The number of hydrogen-bond acceptors (Lipinski definition) is 4. The number of benzene rings is 2. The molecule has 0 bridgehead atoms. The smallest absolute Gasteiger partial charge is 0.416 e. The molecule has 1 amide bonds. The summed E-state index contributed by atoms with van der Waals surface area (Å²) in [5, 5.41) is 12.7. The molecule has 3 aromatic rings. The highest BCUT2D eigenvalue weighted by Gasteiger charge is 2.35. The van der Waals surface area contributed by atoms with E-state index in [1.54, 1.807) is 0 Å². The van der Waals surface area contributed by atoms with Gasteiger partial charge in [0.05, 0.1) is 16.6 Å². The number of pyridine rings is 1. The molecule has 1 aliphatic rings. The number of carbonyl (C=O) groups excluding carboxylic acids is 1. The van der Waals surface area contributed by atoms with Gasteiger partial charge in [-0.1, -0.05) is 41.1 Å². The summed E-state index contributed by atoms with van der Waals surface area (Å²) < 4.78 is 42.1. The van der Waals surface area contributed by atoms with E-state index < -0.39 is 29.5 Å². The average Bonchev–Trinajstić information content (AvgIpc) is 2.87. The Morgan fingerprint density at radius 1 is 1.23 bits per heavy atom. The lowest BCUT2D eigenvalue weighted by atomic mass is 9.89. The largest absolute Gasteiger partial charge is 0.481 e. The number of amides is 1. The summed E-state index contributed by atoms with van der Waals surface area (Å²) in [5.41, 5.74) is 0.895. The van der Waals surface area contributed by atoms with Crippen molar-refractivity contribution >= 4 is 44.5 Å². The zero-order valence-electron chi connectivity index (χ0n) is 21.8. The van der Waals surface area contributed by atoms with E-state index in [1.165, 1.54) is 18.2 Å². The lowest BCUT2D eigenvalue weighted by molar-refractivity contribution is -0.138. The summed E-state index contributed by atoms with van der Waals surface area (Å²) in [6.07, 6.45) is -2.84. The molecule has 2 N–H and O–H groups in total. The normalized spacial score (nSPS) is 16.8. The fourth-order valence-electron chi connectivity index (χ4n) is 5.38. The van der Waals surface area contributed by atoms with Crippen molar-refractivity contribution in [3.05, 3.63) is 69.2 Å². The Bertz CT molecular complexity index is 1380. The van der Waals surface area contributed by atoms with Gasteiger partial charge in [-0.2, -0.15) is 13.2 Å². The lowest BCUT2D eigenvalue weighted by Crippen LogP contribution is -2.36. The molecule has 2 aromatic carbocycles. The Morgan fingerprint density at radius 3 is 2.67 bits per heavy atom. The fraction of sp³-hybridized carbons (Fsp3) is 0.414. The first kappa shape index (κ1) is 28.9. The van der Waals surface area contributed by atoms with Crippen LogP contribution in [0.25, 0.3) is 10.9 Å². The van der Waals surface area contributed by atoms with E-state index in [0.717, 1.165) is 42.3 Å². The number of nitrogens with one attached hydrogen (secondary N) is 1. The maximum atomic E-state index is 13.8. The minimum Gasteiger partial charge on any atom is -0.481 e. The molecule has 0 radical (unpaired) electrons. The van der Waals surface area contributed by atoms with Gasteiger partial charge in [0.25, 0.3) is 5.91 Å². The number of rotatable bonds is 8. The summed E-state index contributed by atoms with van der Waals surface area (Å²) in [7, 11) is 0. The first-order valence-electron chi connectivity index (χ1n) is 13.0. The number of fused-ring (bicyclic) bond motifs is 1. The van der Waals surface area contributed by atoms with Gasteiger partial charge in [0.2, 0.25) is 0 Å². The van der Waals surface area contributed by atoms with Crippen LogP contribution in [-0.2, 0) is 11.0 Å². The Labute approximate surface area is 233 Å². The summed E-state index contributed by atoms with van der Waals surface area (Å²) in [6.45, 7) is 5.53. The van der Waals surface area contributed by atoms with Crippen LogP contribution in [0.3, 0.4) is 0 Å². The van der Waals surface area contributed by atoms with Crippen molar-refractivity contribution in [2.45, 2.75) is 51.6 Å². The number of aromatic nitrogens is 1. The van der Waals surface area contributed by atoms with E-state index in [4.69, 9.17) is 4.98 Å². The van der Waals surface area contributed by atoms with Crippen LogP contribution >= 0.6 is 15.9 Å². The van der Waals surface area contributed by atoms with E-state index in [1.807, 2.05) is 25.1 Å². The van der Waals surface area contributed by atoms with E-state index in [-0.39, 0.29) is 24.9 Å². The molecule has 6 nitrogen and oxygen atoms in total. The second kappa shape index (κ2) is 11.9. The number of anilines is 1. The second-order valence-electron chi connectivity index (χ2n) is 10.2. The molecule has 2 atom stereocenters. The Kier molecular flexibility index (Phi) is 8.83. The van der Waals surface area contributed by atoms with E-state index in [9.17, 15) is 27.9 Å². The Morgan fingerprint density at radius 2 is 1.97 bits per heavy atom. The van der Waals surface area contributed by atoms with Crippen molar-refractivity contribution in [2.75, 3.05) is 24.5 Å². The van der Waals surface area contributed by atoms with Crippen LogP contribution in [0.2, 0.25) is 0 Å². The van der Waals surface area contributed by atoms with Crippen LogP contribution in [0.15, 0.2) is 46.9 Å². The zero-order valence-corrected chi connectivity index (χ0v) is 23.4. The molecule has 4 rings (SSSR count). The Hall–Kier alpha value is -3.14. The number of piperidine rings is 1. The van der Waals surface area contributed by atoms with Crippen molar-refractivity contribution in [3.8, 4) is 0 Å². The van der Waals surface area contributed by atoms with Gasteiger partial charge in [0.15, 0.2) is 0 Å². The van der Waals surface area contributed by atoms with Crippen molar-refractivity contribution in [1.29, 1.82) is 0 Å². The molecule has 0 saturated carbocycles. The minimum atomic E-state index is -4.60. The highest BCUT2D eigenvalue weighted by Crippen LogP contribution is 2.37. The molecule has 2 heterocycles. The SMILES string of the molecule is Cc1c(N2CCC[C@@H](C)C2)nc2ccc(Br)cc2c1C(=O)NC[C@H](CCC(=O)O)c1ccccc1C(F)(F)F. The monoisotopic (exact) mass is 605 g/mol. The molecular weight excluding hydrogens is 575 g/mol. The fourth-order valence-corrected chi connectivity index (χ4v) is 5.74. The number of carboxylic acids is 1. The Balaban J connectivity index is 1.70. The first-order valence-corrected chi connectivity index (χ1v) is 13.8. The number of alkyl halides is 3. The van der Waals surface area contributed by atoms with Crippen molar-refractivity contribution in [3.63, 3.8) is 0 Å². The molecular formula is C29H31BrF3N3O3. The molecule has 0 spiro atoms. The van der Waals surface area contributed by atoms with Gasteiger partial charge in [0.1, 0.15) is 5.82 Å². The van der Waals surface area contributed by atoms with Crippen molar-refractivity contribution in [2.24, 2.45) is 5.92 Å². The van der Waals surface area contributed by atoms with Gasteiger partial charge in [-0.05, 0) is 61.9 Å². The average molecular weight is 606 g/mol. The highest BCUT2D eigenvalue weighted by molar-refractivity contribution is 9.10. The number of carboxylic acid groups (broad SMARTS) is 1. The summed E-state index contributed by atoms with van der Waals surface area (Å²) in [6, 6.07) is 10.6. The molecule has 208 valence electrons. The summed E-state index contributed by atoms with van der Waals surface area (Å²) in [5.74, 6) is -1.18. The predicted molar refractivity (Wildman–Crippen MR) is 148 cm³/mol. The highest BCUT2D eigenvalue weighted by atomic mass is 79.9. The number of hydrogen-bond donors (Lipinski definition) is 2. The number of halogens is 4. The first-order chi connectivity index (χ1) is 18.5. The molecule has 1 aliphatic heterocycles. The maximum absolute atomic E-state index is 13.8. The van der Waals surface area contributed by atoms with Gasteiger partial charge in [-0.3, -0.25) is 9.59 Å². The molecule has 1 aromatic heterocycles. The minimum absolute atomic E-state index is 0.0337. The van der Waals surface area contributed by atoms with Crippen LogP contribution in [-0.4, -0.2) is 41.6 Å². The predicted octanol–water partition coefficient (Wildman–Crippen LogP) is 6.94. The van der Waals surface area contributed by atoms with Gasteiger partial charge in [0, 0.05) is 47.4 Å².